The summed E-state index contributed by atoms with van der Waals surface area (Å²) in [6, 6.07) is 8.14. The number of nitrogens with zero attached hydrogens (tertiary/aromatic N) is 2. The van der Waals surface area contributed by atoms with Crippen LogP contribution in [0.2, 0.25) is 10.0 Å². The molecule has 0 aliphatic carbocycles. The second kappa shape index (κ2) is 7.63. The van der Waals surface area contributed by atoms with Gasteiger partial charge in [-0.15, -0.1) is 0 Å². The summed E-state index contributed by atoms with van der Waals surface area (Å²) >= 11 is 12.0. The minimum atomic E-state index is -0.990. The van der Waals surface area contributed by atoms with Gasteiger partial charge in [-0.05, 0) is 24.3 Å². The van der Waals surface area contributed by atoms with Crippen LogP contribution in [0.4, 0.5) is 26.0 Å². The monoisotopic (exact) mass is 394 g/mol. The fraction of sp³-hybridized carbons (Fsp3) is 0. The summed E-state index contributed by atoms with van der Waals surface area (Å²) in [5, 5.41) is 5.89. The van der Waals surface area contributed by atoms with E-state index in [9.17, 15) is 13.6 Å². The molecule has 2 aromatic carbocycles. The van der Waals surface area contributed by atoms with E-state index in [0.29, 0.717) is 5.69 Å². The summed E-state index contributed by atoms with van der Waals surface area (Å²) in [6.45, 7) is 0. The van der Waals surface area contributed by atoms with E-state index in [2.05, 4.69) is 20.6 Å². The predicted molar refractivity (Wildman–Crippen MR) is 96.1 cm³/mol. The molecule has 0 radical (unpaired) electrons. The number of hydrogen-bond donors (Lipinski definition) is 2. The fourth-order valence-corrected chi connectivity index (χ4v) is 2.52. The number of amides is 1. The maximum absolute atomic E-state index is 13.2. The topological polar surface area (TPSA) is 66.9 Å². The Labute approximate surface area is 157 Å². The van der Waals surface area contributed by atoms with Gasteiger partial charge in [-0.2, -0.15) is 0 Å². The van der Waals surface area contributed by atoms with Crippen LogP contribution in [0.25, 0.3) is 0 Å². The minimum absolute atomic E-state index is 0.0248. The molecule has 0 bridgehead atoms. The Morgan fingerprint density at radius 2 is 1.69 bits per heavy atom. The molecular weight excluding hydrogens is 385 g/mol. The van der Waals surface area contributed by atoms with Crippen molar-refractivity contribution in [3.63, 3.8) is 0 Å². The van der Waals surface area contributed by atoms with Crippen molar-refractivity contribution in [2.24, 2.45) is 0 Å². The summed E-state index contributed by atoms with van der Waals surface area (Å²) < 4.78 is 26.1. The molecule has 0 aliphatic rings. The number of hydrogen-bond acceptors (Lipinski definition) is 4. The van der Waals surface area contributed by atoms with Gasteiger partial charge in [0.15, 0.2) is 11.6 Å². The van der Waals surface area contributed by atoms with Gasteiger partial charge < -0.3 is 10.6 Å². The van der Waals surface area contributed by atoms with Gasteiger partial charge in [0, 0.05) is 11.8 Å². The number of rotatable bonds is 4. The quantitative estimate of drug-likeness (QED) is 0.648. The number of carbonyl (C=O) groups is 1. The average molecular weight is 395 g/mol. The summed E-state index contributed by atoms with van der Waals surface area (Å²) in [5.74, 6) is -2.24. The zero-order chi connectivity index (χ0) is 18.7. The number of nitrogens with one attached hydrogen (secondary N) is 2. The molecule has 1 aromatic heterocycles. The Hall–Kier alpha value is -2.77. The van der Waals surface area contributed by atoms with Gasteiger partial charge in [-0.3, -0.25) is 4.79 Å². The van der Waals surface area contributed by atoms with Crippen LogP contribution in [0.3, 0.4) is 0 Å². The van der Waals surface area contributed by atoms with Crippen molar-refractivity contribution >= 4 is 46.3 Å². The van der Waals surface area contributed by atoms with Crippen molar-refractivity contribution in [1.29, 1.82) is 0 Å². The predicted octanol–water partition coefficient (Wildman–Crippen LogP) is 5.06. The first kappa shape index (κ1) is 18.0. The number of aromatic nitrogens is 2. The van der Waals surface area contributed by atoms with Gasteiger partial charge in [-0.1, -0.05) is 29.3 Å². The number of carbonyl (C=O) groups excluding carboxylic acids is 1. The average Bonchev–Trinajstić information content (AvgIpc) is 2.62. The first-order valence-electron chi connectivity index (χ1n) is 7.23. The molecule has 0 saturated heterocycles. The summed E-state index contributed by atoms with van der Waals surface area (Å²) in [6.07, 6.45) is 2.51. The lowest BCUT2D eigenvalue weighted by atomic mass is 10.3. The molecule has 5 nitrogen and oxygen atoms in total. The number of anilines is 3. The van der Waals surface area contributed by atoms with Crippen molar-refractivity contribution < 1.29 is 13.6 Å². The first-order valence-corrected chi connectivity index (χ1v) is 7.99. The molecule has 0 saturated carbocycles. The molecule has 1 amide bonds. The van der Waals surface area contributed by atoms with Crippen LogP contribution >= 0.6 is 23.2 Å². The molecule has 0 unspecified atom stereocenters. The molecule has 26 heavy (non-hydrogen) atoms. The summed E-state index contributed by atoms with van der Waals surface area (Å²) in [5.41, 5.74) is 0.585. The third-order valence-electron chi connectivity index (χ3n) is 3.28. The minimum Gasteiger partial charge on any atom is -0.339 e. The van der Waals surface area contributed by atoms with E-state index in [1.54, 1.807) is 18.2 Å². The molecule has 2 N–H and O–H groups in total. The molecule has 3 rings (SSSR count). The van der Waals surface area contributed by atoms with Crippen molar-refractivity contribution in [1.82, 2.24) is 9.97 Å². The van der Waals surface area contributed by atoms with E-state index < -0.39 is 17.5 Å². The highest BCUT2D eigenvalue weighted by Gasteiger charge is 2.13. The van der Waals surface area contributed by atoms with Gasteiger partial charge >= 0.3 is 0 Å². The van der Waals surface area contributed by atoms with Crippen molar-refractivity contribution in [3.05, 3.63) is 76.2 Å². The molecular formula is C17H10Cl2F2N4O. The van der Waals surface area contributed by atoms with Crippen LogP contribution in [-0.4, -0.2) is 15.9 Å². The van der Waals surface area contributed by atoms with Crippen molar-refractivity contribution in [2.45, 2.75) is 0 Å². The normalized spacial score (nSPS) is 10.5. The molecule has 0 aliphatic heterocycles. The second-order valence-corrected chi connectivity index (χ2v) is 5.91. The fourth-order valence-electron chi connectivity index (χ4n) is 2.03. The molecule has 0 spiro atoms. The van der Waals surface area contributed by atoms with Gasteiger partial charge in [-0.25, -0.2) is 18.7 Å². The van der Waals surface area contributed by atoms with Crippen molar-refractivity contribution in [2.75, 3.05) is 10.6 Å². The number of para-hydroxylation sites is 1. The summed E-state index contributed by atoms with van der Waals surface area (Å²) in [4.78, 5) is 20.2. The van der Waals surface area contributed by atoms with E-state index in [-0.39, 0.29) is 27.2 Å². The zero-order valence-electron chi connectivity index (χ0n) is 12.9. The Morgan fingerprint density at radius 1 is 0.962 bits per heavy atom. The molecule has 1 heterocycles. The number of benzene rings is 2. The van der Waals surface area contributed by atoms with Gasteiger partial charge in [0.1, 0.15) is 11.5 Å². The number of halogens is 4. The Kier molecular flexibility index (Phi) is 5.29. The summed E-state index contributed by atoms with van der Waals surface area (Å²) in [7, 11) is 0. The standard InChI is InChI=1S/C17H10Cl2F2N4O/c18-10-2-1-3-11(19)16(10)25-17(26)14-7-23-15(8-22-14)24-9-4-5-12(20)13(21)6-9/h1-8H,(H,23,24)(H,25,26). The maximum atomic E-state index is 13.2. The second-order valence-electron chi connectivity index (χ2n) is 5.09. The van der Waals surface area contributed by atoms with Crippen molar-refractivity contribution in [3.8, 4) is 0 Å². The lowest BCUT2D eigenvalue weighted by Crippen LogP contribution is -2.15. The van der Waals surface area contributed by atoms with E-state index in [1.807, 2.05) is 0 Å². The maximum Gasteiger partial charge on any atom is 0.275 e. The molecule has 132 valence electrons. The zero-order valence-corrected chi connectivity index (χ0v) is 14.4. The highest BCUT2D eigenvalue weighted by Crippen LogP contribution is 2.30. The van der Waals surface area contributed by atoms with E-state index in [0.717, 1.165) is 12.1 Å². The third-order valence-corrected chi connectivity index (χ3v) is 3.91. The Morgan fingerprint density at radius 3 is 2.31 bits per heavy atom. The molecule has 0 fully saturated rings. The largest absolute Gasteiger partial charge is 0.339 e. The lowest BCUT2D eigenvalue weighted by molar-refractivity contribution is 0.102. The Balaban J connectivity index is 1.72. The van der Waals surface area contributed by atoms with E-state index in [4.69, 9.17) is 23.2 Å². The molecule has 9 heteroatoms. The molecule has 0 atom stereocenters. The highest BCUT2D eigenvalue weighted by molar-refractivity contribution is 6.39. The SMILES string of the molecule is O=C(Nc1c(Cl)cccc1Cl)c1cnc(Nc2ccc(F)c(F)c2)cn1. The van der Waals surface area contributed by atoms with Gasteiger partial charge in [0.2, 0.25) is 0 Å². The molecule has 3 aromatic rings. The van der Waals surface area contributed by atoms with E-state index >= 15 is 0 Å². The van der Waals surface area contributed by atoms with Gasteiger partial charge in [0.25, 0.3) is 5.91 Å². The van der Waals surface area contributed by atoms with E-state index in [1.165, 1.54) is 18.5 Å². The van der Waals surface area contributed by atoms with Crippen LogP contribution in [0.5, 0.6) is 0 Å². The smallest absolute Gasteiger partial charge is 0.275 e. The van der Waals surface area contributed by atoms with Crippen LogP contribution in [0.15, 0.2) is 48.8 Å². The first-order chi connectivity index (χ1) is 12.4. The Bertz CT molecular complexity index is 947. The van der Waals surface area contributed by atoms with Crippen LogP contribution in [0, 0.1) is 11.6 Å². The highest BCUT2D eigenvalue weighted by atomic mass is 35.5. The van der Waals surface area contributed by atoms with Crippen LogP contribution in [-0.2, 0) is 0 Å². The lowest BCUT2D eigenvalue weighted by Gasteiger charge is -2.09. The third kappa shape index (κ3) is 4.07. The van der Waals surface area contributed by atoms with Gasteiger partial charge in [0.05, 0.1) is 28.1 Å². The van der Waals surface area contributed by atoms with Crippen LogP contribution in [0.1, 0.15) is 10.5 Å². The van der Waals surface area contributed by atoms with Crippen LogP contribution < -0.4 is 10.6 Å².